The molecule has 1 nitrogen and oxygen atoms in total. The number of benzene rings is 2. The standard InChI is InChI=1S/C18H19Cl2N/c1-2-18(21,15-10-11-16(19)17(20)13-15)12-6-9-14-7-4-3-5-8-14/h3-11,13H,2,12,21H2,1H3/b9-6+. The molecule has 0 saturated carbocycles. The fraction of sp³-hybridized carbons (Fsp3) is 0.222. The van der Waals surface area contributed by atoms with Crippen molar-refractivity contribution < 1.29 is 0 Å². The molecule has 21 heavy (non-hydrogen) atoms. The molecule has 3 heteroatoms. The van der Waals surface area contributed by atoms with E-state index >= 15 is 0 Å². The molecule has 2 N–H and O–H groups in total. The van der Waals surface area contributed by atoms with Crippen LogP contribution in [-0.2, 0) is 5.54 Å². The summed E-state index contributed by atoms with van der Waals surface area (Å²) in [6.07, 6.45) is 5.77. The fourth-order valence-electron chi connectivity index (χ4n) is 2.24. The van der Waals surface area contributed by atoms with Crippen LogP contribution in [0.5, 0.6) is 0 Å². The van der Waals surface area contributed by atoms with Crippen molar-refractivity contribution in [1.29, 1.82) is 0 Å². The van der Waals surface area contributed by atoms with Gasteiger partial charge in [0.25, 0.3) is 0 Å². The quantitative estimate of drug-likeness (QED) is 0.755. The molecular weight excluding hydrogens is 301 g/mol. The van der Waals surface area contributed by atoms with Gasteiger partial charge in [0.05, 0.1) is 10.0 Å². The predicted octanol–water partition coefficient (Wildman–Crippen LogP) is 5.66. The fourth-order valence-corrected chi connectivity index (χ4v) is 2.54. The molecule has 0 aliphatic heterocycles. The summed E-state index contributed by atoms with van der Waals surface area (Å²) >= 11 is 12.1. The first kappa shape index (κ1) is 16.1. The summed E-state index contributed by atoms with van der Waals surface area (Å²) in [6, 6.07) is 15.8. The van der Waals surface area contributed by atoms with Gasteiger partial charge in [0, 0.05) is 5.54 Å². The van der Waals surface area contributed by atoms with E-state index in [2.05, 4.69) is 31.2 Å². The molecule has 0 bridgehead atoms. The molecule has 2 aromatic carbocycles. The number of nitrogens with two attached hydrogens (primary N) is 1. The summed E-state index contributed by atoms with van der Waals surface area (Å²) in [5.41, 5.74) is 8.30. The van der Waals surface area contributed by atoms with Gasteiger partial charge < -0.3 is 5.73 Å². The molecule has 0 aliphatic rings. The van der Waals surface area contributed by atoms with Crippen molar-refractivity contribution in [2.45, 2.75) is 25.3 Å². The van der Waals surface area contributed by atoms with Gasteiger partial charge in [0.15, 0.2) is 0 Å². The zero-order chi connectivity index (χ0) is 15.3. The molecule has 110 valence electrons. The van der Waals surface area contributed by atoms with Gasteiger partial charge in [-0.15, -0.1) is 0 Å². The Hall–Kier alpha value is -1.28. The van der Waals surface area contributed by atoms with Crippen LogP contribution in [0.25, 0.3) is 6.08 Å². The van der Waals surface area contributed by atoms with Crippen LogP contribution in [0.15, 0.2) is 54.6 Å². The average Bonchev–Trinajstić information content (AvgIpc) is 2.51. The van der Waals surface area contributed by atoms with Crippen LogP contribution in [0.4, 0.5) is 0 Å². The Morgan fingerprint density at radius 3 is 2.38 bits per heavy atom. The van der Waals surface area contributed by atoms with Crippen LogP contribution < -0.4 is 5.73 Å². The van der Waals surface area contributed by atoms with Crippen LogP contribution in [0, 0.1) is 0 Å². The van der Waals surface area contributed by atoms with Crippen LogP contribution in [0.1, 0.15) is 30.9 Å². The van der Waals surface area contributed by atoms with E-state index in [-0.39, 0.29) is 0 Å². The lowest BCUT2D eigenvalue weighted by molar-refractivity contribution is 0.434. The number of halogens is 2. The molecule has 0 aliphatic carbocycles. The van der Waals surface area contributed by atoms with Crippen LogP contribution in [0.2, 0.25) is 10.0 Å². The molecule has 0 saturated heterocycles. The Labute approximate surface area is 136 Å². The minimum Gasteiger partial charge on any atom is -0.321 e. The number of rotatable bonds is 5. The van der Waals surface area contributed by atoms with Crippen molar-refractivity contribution in [1.82, 2.24) is 0 Å². The molecule has 0 fully saturated rings. The first-order chi connectivity index (χ1) is 10.0. The maximum Gasteiger partial charge on any atom is 0.0595 e. The maximum atomic E-state index is 6.55. The van der Waals surface area contributed by atoms with E-state index in [4.69, 9.17) is 28.9 Å². The van der Waals surface area contributed by atoms with E-state index in [9.17, 15) is 0 Å². The zero-order valence-electron chi connectivity index (χ0n) is 12.0. The molecule has 1 atom stereocenters. The molecule has 0 amide bonds. The largest absolute Gasteiger partial charge is 0.321 e. The molecule has 2 rings (SSSR count). The topological polar surface area (TPSA) is 26.0 Å². The number of hydrogen-bond donors (Lipinski definition) is 1. The van der Waals surface area contributed by atoms with Crippen molar-refractivity contribution in [3.05, 3.63) is 75.8 Å². The van der Waals surface area contributed by atoms with E-state index in [1.54, 1.807) is 6.07 Å². The normalized spacial score (nSPS) is 14.3. The molecular formula is C18H19Cl2N. The van der Waals surface area contributed by atoms with Gasteiger partial charge in [-0.25, -0.2) is 0 Å². The summed E-state index contributed by atoms with van der Waals surface area (Å²) in [6.45, 7) is 2.08. The summed E-state index contributed by atoms with van der Waals surface area (Å²) in [5.74, 6) is 0. The van der Waals surface area contributed by atoms with Crippen molar-refractivity contribution >= 4 is 29.3 Å². The van der Waals surface area contributed by atoms with Crippen LogP contribution >= 0.6 is 23.2 Å². The Kier molecular flexibility index (Phi) is 5.46. The van der Waals surface area contributed by atoms with E-state index < -0.39 is 5.54 Å². The lowest BCUT2D eigenvalue weighted by atomic mass is 9.85. The van der Waals surface area contributed by atoms with E-state index in [1.807, 2.05) is 30.3 Å². The molecule has 0 heterocycles. The van der Waals surface area contributed by atoms with Crippen molar-refractivity contribution in [2.75, 3.05) is 0 Å². The Bertz CT molecular complexity index is 622. The third kappa shape index (κ3) is 4.10. The highest BCUT2D eigenvalue weighted by Gasteiger charge is 2.24. The highest BCUT2D eigenvalue weighted by molar-refractivity contribution is 6.42. The van der Waals surface area contributed by atoms with E-state index in [0.29, 0.717) is 10.0 Å². The first-order valence-electron chi connectivity index (χ1n) is 7.01. The van der Waals surface area contributed by atoms with Gasteiger partial charge in [0.1, 0.15) is 0 Å². The van der Waals surface area contributed by atoms with Gasteiger partial charge in [-0.2, -0.15) is 0 Å². The summed E-state index contributed by atoms with van der Waals surface area (Å²) in [5, 5.41) is 1.10. The summed E-state index contributed by atoms with van der Waals surface area (Å²) < 4.78 is 0. The Balaban J connectivity index is 2.17. The molecule has 2 aromatic rings. The smallest absolute Gasteiger partial charge is 0.0595 e. The predicted molar refractivity (Wildman–Crippen MR) is 92.7 cm³/mol. The van der Waals surface area contributed by atoms with Gasteiger partial charge >= 0.3 is 0 Å². The van der Waals surface area contributed by atoms with E-state index in [0.717, 1.165) is 18.4 Å². The van der Waals surface area contributed by atoms with Gasteiger partial charge in [-0.1, -0.05) is 78.7 Å². The van der Waals surface area contributed by atoms with Gasteiger partial charge in [-0.05, 0) is 36.1 Å². The Morgan fingerprint density at radius 1 is 1.05 bits per heavy atom. The van der Waals surface area contributed by atoms with Crippen LogP contribution in [0.3, 0.4) is 0 Å². The third-order valence-corrected chi connectivity index (χ3v) is 4.46. The third-order valence-electron chi connectivity index (χ3n) is 3.72. The van der Waals surface area contributed by atoms with Crippen molar-refractivity contribution in [2.24, 2.45) is 5.73 Å². The second-order valence-electron chi connectivity index (χ2n) is 5.16. The highest BCUT2D eigenvalue weighted by Crippen LogP contribution is 2.31. The Morgan fingerprint density at radius 2 is 1.76 bits per heavy atom. The molecule has 0 aromatic heterocycles. The minimum absolute atomic E-state index is 0.431. The van der Waals surface area contributed by atoms with Gasteiger partial charge in [-0.3, -0.25) is 0 Å². The molecule has 0 spiro atoms. The number of hydrogen-bond acceptors (Lipinski definition) is 1. The van der Waals surface area contributed by atoms with E-state index in [1.165, 1.54) is 5.56 Å². The van der Waals surface area contributed by atoms with Crippen molar-refractivity contribution in [3.63, 3.8) is 0 Å². The molecule has 1 unspecified atom stereocenters. The van der Waals surface area contributed by atoms with Crippen LogP contribution in [-0.4, -0.2) is 0 Å². The lowest BCUT2D eigenvalue weighted by Crippen LogP contribution is -2.35. The second kappa shape index (κ2) is 7.13. The summed E-state index contributed by atoms with van der Waals surface area (Å²) in [4.78, 5) is 0. The average molecular weight is 320 g/mol. The zero-order valence-corrected chi connectivity index (χ0v) is 13.5. The minimum atomic E-state index is -0.431. The molecule has 0 radical (unpaired) electrons. The monoisotopic (exact) mass is 319 g/mol. The summed E-state index contributed by atoms with van der Waals surface area (Å²) in [7, 11) is 0. The maximum absolute atomic E-state index is 6.55. The van der Waals surface area contributed by atoms with Crippen molar-refractivity contribution in [3.8, 4) is 0 Å². The van der Waals surface area contributed by atoms with Gasteiger partial charge in [0.2, 0.25) is 0 Å². The SMILES string of the molecule is CCC(N)(C/C=C/c1ccccc1)c1ccc(Cl)c(Cl)c1. The first-order valence-corrected chi connectivity index (χ1v) is 7.77. The second-order valence-corrected chi connectivity index (χ2v) is 5.97. The highest BCUT2D eigenvalue weighted by atomic mass is 35.5. The lowest BCUT2D eigenvalue weighted by Gasteiger charge is -2.28.